The van der Waals surface area contributed by atoms with Crippen LogP contribution in [-0.2, 0) is 11.2 Å². The minimum absolute atomic E-state index is 0.137. The summed E-state index contributed by atoms with van der Waals surface area (Å²) in [5.41, 5.74) is 0.540. The minimum Gasteiger partial charge on any atom is -0.493 e. The molecule has 1 aliphatic rings. The van der Waals surface area contributed by atoms with Crippen molar-refractivity contribution in [2.45, 2.75) is 32.3 Å². The number of carbonyl (C=O) groups is 1. The average Bonchev–Trinajstić information content (AvgIpc) is 3.15. The van der Waals surface area contributed by atoms with Crippen molar-refractivity contribution in [3.05, 3.63) is 23.5 Å². The Bertz CT molecular complexity index is 483. The third-order valence-electron chi connectivity index (χ3n) is 3.07. The van der Waals surface area contributed by atoms with Crippen LogP contribution in [0.2, 0.25) is 0 Å². The number of halogens is 1. The molecule has 1 unspecified atom stereocenters. The van der Waals surface area contributed by atoms with Gasteiger partial charge in [-0.3, -0.25) is 4.79 Å². The summed E-state index contributed by atoms with van der Waals surface area (Å²) in [6.45, 7) is 1.58. The Hall–Kier alpha value is -1.78. The van der Waals surface area contributed by atoms with Crippen LogP contribution < -0.4 is 9.47 Å². The van der Waals surface area contributed by atoms with Crippen LogP contribution in [0.5, 0.6) is 11.5 Å². The van der Waals surface area contributed by atoms with Crippen molar-refractivity contribution in [3.63, 3.8) is 0 Å². The number of rotatable bonds is 6. The van der Waals surface area contributed by atoms with Gasteiger partial charge in [-0.2, -0.15) is 0 Å². The second kappa shape index (κ2) is 5.47. The summed E-state index contributed by atoms with van der Waals surface area (Å²) in [6, 6.07) is 2.58. The van der Waals surface area contributed by atoms with Crippen LogP contribution in [0.4, 0.5) is 4.39 Å². The second-order valence-corrected chi connectivity index (χ2v) is 4.86. The molecular weight excluding hydrogens is 251 g/mol. The van der Waals surface area contributed by atoms with E-state index in [1.54, 1.807) is 6.92 Å². The number of aliphatic carboxylic acids is 1. The highest BCUT2D eigenvalue weighted by Gasteiger charge is 2.27. The molecule has 4 nitrogen and oxygen atoms in total. The molecule has 0 heterocycles. The lowest BCUT2D eigenvalue weighted by Gasteiger charge is -2.16. The summed E-state index contributed by atoms with van der Waals surface area (Å²) in [5.74, 6) is -1.18. The van der Waals surface area contributed by atoms with Gasteiger partial charge in [0, 0.05) is 11.6 Å². The second-order valence-electron chi connectivity index (χ2n) is 4.86. The van der Waals surface area contributed by atoms with Gasteiger partial charge in [0.05, 0.1) is 19.1 Å². The van der Waals surface area contributed by atoms with E-state index in [1.165, 1.54) is 19.2 Å². The molecule has 0 bridgehead atoms. The van der Waals surface area contributed by atoms with Gasteiger partial charge < -0.3 is 14.6 Å². The van der Waals surface area contributed by atoms with Crippen LogP contribution in [0.15, 0.2) is 12.1 Å². The van der Waals surface area contributed by atoms with E-state index >= 15 is 0 Å². The van der Waals surface area contributed by atoms with Crippen molar-refractivity contribution < 1.29 is 23.8 Å². The van der Waals surface area contributed by atoms with E-state index in [0.29, 0.717) is 17.1 Å². The molecule has 0 amide bonds. The van der Waals surface area contributed by atoms with Crippen LogP contribution in [0.25, 0.3) is 0 Å². The Morgan fingerprint density at radius 2 is 2.21 bits per heavy atom. The van der Waals surface area contributed by atoms with Crippen LogP contribution in [-0.4, -0.2) is 24.3 Å². The van der Waals surface area contributed by atoms with E-state index in [1.807, 2.05) is 0 Å². The van der Waals surface area contributed by atoms with Gasteiger partial charge in [0.1, 0.15) is 5.82 Å². The van der Waals surface area contributed by atoms with Crippen molar-refractivity contribution in [1.29, 1.82) is 0 Å². The lowest BCUT2D eigenvalue weighted by molar-refractivity contribution is -0.141. The maximum atomic E-state index is 13.5. The number of ether oxygens (including phenoxy) is 2. The molecule has 0 aliphatic heterocycles. The molecule has 0 aromatic heterocycles. The molecule has 1 saturated carbocycles. The number of carboxylic acids is 1. The van der Waals surface area contributed by atoms with Crippen LogP contribution in [0.1, 0.15) is 25.3 Å². The summed E-state index contributed by atoms with van der Waals surface area (Å²) < 4.78 is 24.4. The van der Waals surface area contributed by atoms with Gasteiger partial charge in [-0.1, -0.05) is 6.92 Å². The Morgan fingerprint density at radius 3 is 2.74 bits per heavy atom. The fraction of sp³-hybridized carbons (Fsp3) is 0.500. The van der Waals surface area contributed by atoms with Crippen molar-refractivity contribution in [3.8, 4) is 11.5 Å². The van der Waals surface area contributed by atoms with Crippen molar-refractivity contribution in [2.75, 3.05) is 7.11 Å². The predicted octanol–water partition coefficient (Wildman–Crippen LogP) is 2.64. The summed E-state index contributed by atoms with van der Waals surface area (Å²) in [4.78, 5) is 10.9. The fourth-order valence-corrected chi connectivity index (χ4v) is 1.83. The molecular formula is C14H17FO4. The maximum absolute atomic E-state index is 13.5. The average molecular weight is 268 g/mol. The first-order valence-corrected chi connectivity index (χ1v) is 6.27. The zero-order valence-corrected chi connectivity index (χ0v) is 11.0. The van der Waals surface area contributed by atoms with Crippen LogP contribution >= 0.6 is 0 Å². The lowest BCUT2D eigenvalue weighted by atomic mass is 10.00. The first-order chi connectivity index (χ1) is 9.01. The van der Waals surface area contributed by atoms with Gasteiger partial charge in [0.15, 0.2) is 11.5 Å². The fourth-order valence-electron chi connectivity index (χ4n) is 1.83. The number of hydrogen-bond donors (Lipinski definition) is 1. The van der Waals surface area contributed by atoms with E-state index in [9.17, 15) is 9.18 Å². The normalized spacial score (nSPS) is 15.9. The maximum Gasteiger partial charge on any atom is 0.306 e. The van der Waals surface area contributed by atoms with E-state index in [4.69, 9.17) is 14.6 Å². The third-order valence-corrected chi connectivity index (χ3v) is 3.07. The van der Waals surface area contributed by atoms with Gasteiger partial charge in [-0.05, 0) is 25.3 Å². The molecule has 5 heteroatoms. The highest BCUT2D eigenvalue weighted by molar-refractivity contribution is 5.70. The molecule has 0 saturated heterocycles. The van der Waals surface area contributed by atoms with E-state index in [2.05, 4.69) is 0 Å². The van der Waals surface area contributed by atoms with E-state index in [-0.39, 0.29) is 12.5 Å². The Balaban J connectivity index is 2.31. The number of methoxy groups -OCH3 is 1. The SMILES string of the molecule is COc1cc(F)cc(CC(C)C(=O)O)c1OC1CC1. The summed E-state index contributed by atoms with van der Waals surface area (Å²) in [7, 11) is 1.44. The monoisotopic (exact) mass is 268 g/mol. The molecule has 1 aromatic carbocycles. The molecule has 0 spiro atoms. The first kappa shape index (κ1) is 13.6. The highest BCUT2D eigenvalue weighted by atomic mass is 19.1. The number of benzene rings is 1. The standard InChI is InChI=1S/C14H17FO4/c1-8(14(16)17)5-9-6-10(15)7-12(18-2)13(9)19-11-3-4-11/h6-8,11H,3-5H2,1-2H3,(H,16,17). The molecule has 1 atom stereocenters. The van der Waals surface area contributed by atoms with Gasteiger partial charge in [0.2, 0.25) is 0 Å². The molecule has 104 valence electrons. The van der Waals surface area contributed by atoms with Gasteiger partial charge in [-0.25, -0.2) is 4.39 Å². The summed E-state index contributed by atoms with van der Waals surface area (Å²) in [6.07, 6.45) is 2.28. The predicted molar refractivity (Wildman–Crippen MR) is 67.1 cm³/mol. The first-order valence-electron chi connectivity index (χ1n) is 6.27. The molecule has 19 heavy (non-hydrogen) atoms. The molecule has 2 rings (SSSR count). The zero-order valence-electron chi connectivity index (χ0n) is 11.0. The molecule has 1 N–H and O–H groups in total. The van der Waals surface area contributed by atoms with E-state index in [0.717, 1.165) is 12.8 Å². The molecule has 1 aromatic rings. The number of hydrogen-bond acceptors (Lipinski definition) is 3. The largest absolute Gasteiger partial charge is 0.493 e. The molecule has 1 fully saturated rings. The minimum atomic E-state index is -0.916. The highest BCUT2D eigenvalue weighted by Crippen LogP contribution is 2.38. The number of carboxylic acid groups (broad SMARTS) is 1. The Labute approximate surface area is 111 Å². The van der Waals surface area contributed by atoms with Crippen LogP contribution in [0.3, 0.4) is 0 Å². The van der Waals surface area contributed by atoms with Crippen LogP contribution in [0, 0.1) is 11.7 Å². The van der Waals surface area contributed by atoms with Gasteiger partial charge in [-0.15, -0.1) is 0 Å². The van der Waals surface area contributed by atoms with E-state index < -0.39 is 17.7 Å². The van der Waals surface area contributed by atoms with Crippen molar-refractivity contribution >= 4 is 5.97 Å². The Morgan fingerprint density at radius 1 is 1.53 bits per heavy atom. The van der Waals surface area contributed by atoms with Gasteiger partial charge in [0.25, 0.3) is 0 Å². The third kappa shape index (κ3) is 3.36. The quantitative estimate of drug-likeness (QED) is 0.861. The topological polar surface area (TPSA) is 55.8 Å². The van der Waals surface area contributed by atoms with Crippen molar-refractivity contribution in [1.82, 2.24) is 0 Å². The van der Waals surface area contributed by atoms with Crippen molar-refractivity contribution in [2.24, 2.45) is 5.92 Å². The van der Waals surface area contributed by atoms with Gasteiger partial charge >= 0.3 is 5.97 Å². The zero-order chi connectivity index (χ0) is 14.0. The Kier molecular flexibility index (Phi) is 3.93. The molecule has 1 aliphatic carbocycles. The molecule has 0 radical (unpaired) electrons. The lowest BCUT2D eigenvalue weighted by Crippen LogP contribution is -2.14. The summed E-state index contributed by atoms with van der Waals surface area (Å²) in [5, 5.41) is 8.96. The smallest absolute Gasteiger partial charge is 0.306 e. The summed E-state index contributed by atoms with van der Waals surface area (Å²) >= 11 is 0.